The SMILES string of the molecule is COc1ccc(N(c2ccc(OC)cc2)c2ccc(-c3ccc(C4=c5cc6c(cc5OC4=O)=C(c4ccc(/C=C(\C#N)C(=O)O)s4)C(=O)O6)cc3)cc2)cc1. The molecule has 6 aromatic rings. The third kappa shape index (κ3) is 6.47. The molecule has 0 bridgehead atoms. The Bertz CT molecular complexity index is 2680. The molecule has 0 saturated carbocycles. The zero-order valence-corrected chi connectivity index (χ0v) is 30.0. The molecule has 2 aliphatic rings. The first-order valence-corrected chi connectivity index (χ1v) is 17.7. The summed E-state index contributed by atoms with van der Waals surface area (Å²) in [6, 6.07) is 39.7. The topological polar surface area (TPSA) is 135 Å². The first kappa shape index (κ1) is 34.7. The van der Waals surface area contributed by atoms with Gasteiger partial charge in [-0.3, -0.25) is 0 Å². The fourth-order valence-electron chi connectivity index (χ4n) is 6.54. The predicted octanol–water partition coefficient (Wildman–Crippen LogP) is 7.13. The van der Waals surface area contributed by atoms with Crippen molar-refractivity contribution in [1.29, 1.82) is 5.26 Å². The molecule has 1 aromatic heterocycles. The molecule has 0 aliphatic carbocycles. The van der Waals surface area contributed by atoms with E-state index in [2.05, 4.69) is 17.0 Å². The van der Waals surface area contributed by atoms with Gasteiger partial charge in [0.2, 0.25) is 0 Å². The highest BCUT2D eigenvalue weighted by molar-refractivity contribution is 7.14. The van der Waals surface area contributed by atoms with Gasteiger partial charge >= 0.3 is 17.9 Å². The number of fused-ring (bicyclic) bond motifs is 2. The molecule has 8 rings (SSSR count). The number of esters is 2. The third-order valence-electron chi connectivity index (χ3n) is 9.24. The van der Waals surface area contributed by atoms with E-state index in [4.69, 9.17) is 24.2 Å². The number of carboxylic acid groups (broad SMARTS) is 1. The van der Waals surface area contributed by atoms with Crippen LogP contribution in [0.2, 0.25) is 0 Å². The number of hydrogen-bond acceptors (Lipinski definition) is 10. The zero-order chi connectivity index (χ0) is 38.2. The standard InChI is InChI=1S/C44H28N2O8S/c1-51-32-15-11-30(12-16-32)46(31-13-17-33(52-2)18-14-31)29-9-7-26(8-10-29)25-3-5-27(6-4-25)40-35-22-38-36(23-37(35)53-43(40)49)41(44(50)54-38)39-20-19-34(55-39)21-28(24-45)42(47)48/h3-23H,1-2H3,(H,47,48)/b28-21+. The lowest BCUT2D eigenvalue weighted by Crippen LogP contribution is -2.11. The van der Waals surface area contributed by atoms with E-state index in [9.17, 15) is 19.5 Å². The van der Waals surface area contributed by atoms with Gasteiger partial charge < -0.3 is 29.0 Å². The number of carbonyl (C=O) groups excluding carboxylic acids is 2. The van der Waals surface area contributed by atoms with E-state index in [0.717, 1.165) is 51.0 Å². The van der Waals surface area contributed by atoms with Crippen LogP contribution in [0.5, 0.6) is 23.0 Å². The molecule has 0 unspecified atom stereocenters. The molecule has 10 nitrogen and oxygen atoms in total. The van der Waals surface area contributed by atoms with Crippen molar-refractivity contribution in [1.82, 2.24) is 0 Å². The van der Waals surface area contributed by atoms with Crippen molar-refractivity contribution in [3.8, 4) is 40.2 Å². The number of ether oxygens (including phenoxy) is 4. The Balaban J connectivity index is 1.10. The summed E-state index contributed by atoms with van der Waals surface area (Å²) in [5.74, 6) is -0.362. The highest BCUT2D eigenvalue weighted by Crippen LogP contribution is 2.37. The maximum atomic E-state index is 13.3. The zero-order valence-electron chi connectivity index (χ0n) is 29.2. The number of carboxylic acids is 1. The molecular weight excluding hydrogens is 717 g/mol. The van der Waals surface area contributed by atoms with Crippen LogP contribution in [0.1, 0.15) is 15.3 Å². The highest BCUT2D eigenvalue weighted by Gasteiger charge is 2.31. The van der Waals surface area contributed by atoms with Gasteiger partial charge in [-0.15, -0.1) is 11.3 Å². The molecule has 0 fully saturated rings. The van der Waals surface area contributed by atoms with Crippen LogP contribution in [0.4, 0.5) is 17.1 Å². The van der Waals surface area contributed by atoms with Crippen molar-refractivity contribution in [2.45, 2.75) is 0 Å². The van der Waals surface area contributed by atoms with E-state index in [0.29, 0.717) is 37.1 Å². The van der Waals surface area contributed by atoms with E-state index in [1.165, 1.54) is 6.08 Å². The Morgan fingerprint density at radius 1 is 0.673 bits per heavy atom. The minimum absolute atomic E-state index is 0.257. The van der Waals surface area contributed by atoms with Crippen molar-refractivity contribution in [3.63, 3.8) is 0 Å². The molecule has 0 radical (unpaired) electrons. The van der Waals surface area contributed by atoms with Gasteiger partial charge in [0.15, 0.2) is 0 Å². The number of aliphatic carboxylic acids is 1. The molecule has 0 saturated heterocycles. The van der Waals surface area contributed by atoms with Crippen LogP contribution in [0.3, 0.4) is 0 Å². The summed E-state index contributed by atoms with van der Waals surface area (Å²) in [7, 11) is 3.28. The second-order valence-electron chi connectivity index (χ2n) is 12.4. The van der Waals surface area contributed by atoms with Crippen molar-refractivity contribution in [3.05, 3.63) is 153 Å². The first-order valence-electron chi connectivity index (χ1n) is 16.9. The van der Waals surface area contributed by atoms with Gasteiger partial charge in [0.1, 0.15) is 34.6 Å². The number of nitriles is 1. The highest BCUT2D eigenvalue weighted by atomic mass is 32.1. The minimum atomic E-state index is -1.34. The summed E-state index contributed by atoms with van der Waals surface area (Å²) in [5.41, 5.74) is 5.61. The summed E-state index contributed by atoms with van der Waals surface area (Å²) in [6.45, 7) is 0. The van der Waals surface area contributed by atoms with Crippen molar-refractivity contribution < 1.29 is 38.4 Å². The van der Waals surface area contributed by atoms with Gasteiger partial charge in [0.25, 0.3) is 0 Å². The Morgan fingerprint density at radius 3 is 1.62 bits per heavy atom. The smallest absolute Gasteiger partial charge is 0.346 e. The summed E-state index contributed by atoms with van der Waals surface area (Å²) < 4.78 is 22.1. The second-order valence-corrected chi connectivity index (χ2v) is 13.5. The molecule has 0 amide bonds. The van der Waals surface area contributed by atoms with E-state index in [1.807, 2.05) is 84.9 Å². The van der Waals surface area contributed by atoms with Crippen molar-refractivity contribution in [2.24, 2.45) is 0 Å². The molecule has 0 spiro atoms. The van der Waals surface area contributed by atoms with Crippen LogP contribution in [0.15, 0.2) is 127 Å². The Kier molecular flexibility index (Phi) is 8.94. The van der Waals surface area contributed by atoms with Gasteiger partial charge in [0, 0.05) is 37.3 Å². The van der Waals surface area contributed by atoms with Gasteiger partial charge in [-0.1, -0.05) is 36.4 Å². The van der Waals surface area contributed by atoms with E-state index >= 15 is 0 Å². The molecular formula is C44H28N2O8S. The predicted molar refractivity (Wildman–Crippen MR) is 207 cm³/mol. The molecule has 3 heterocycles. The molecule has 11 heteroatoms. The number of nitrogens with zero attached hydrogens (tertiary/aromatic N) is 2. The molecule has 55 heavy (non-hydrogen) atoms. The number of rotatable bonds is 10. The normalized spacial score (nSPS) is 13.1. The lowest BCUT2D eigenvalue weighted by Gasteiger charge is -2.26. The molecule has 268 valence electrons. The third-order valence-corrected chi connectivity index (χ3v) is 10.3. The fourth-order valence-corrected chi connectivity index (χ4v) is 7.54. The van der Waals surface area contributed by atoms with Crippen LogP contribution >= 0.6 is 11.3 Å². The molecule has 5 aromatic carbocycles. The summed E-state index contributed by atoms with van der Waals surface area (Å²) >= 11 is 1.14. The average Bonchev–Trinajstić information content (AvgIpc) is 3.90. The first-order chi connectivity index (χ1) is 26.7. The van der Waals surface area contributed by atoms with Crippen LogP contribution in [0, 0.1) is 11.3 Å². The quantitative estimate of drug-likeness (QED) is 0.0668. The Labute approximate surface area is 318 Å². The largest absolute Gasteiger partial charge is 0.497 e. The maximum absolute atomic E-state index is 13.3. The number of anilines is 3. The van der Waals surface area contributed by atoms with Crippen LogP contribution in [0.25, 0.3) is 28.3 Å². The van der Waals surface area contributed by atoms with Gasteiger partial charge in [0.05, 0.1) is 25.4 Å². The number of methoxy groups -OCH3 is 2. The van der Waals surface area contributed by atoms with Crippen LogP contribution < -0.4 is 34.3 Å². The van der Waals surface area contributed by atoms with Crippen molar-refractivity contribution in [2.75, 3.05) is 19.1 Å². The second kappa shape index (κ2) is 14.2. The van der Waals surface area contributed by atoms with E-state index in [1.54, 1.807) is 44.6 Å². The van der Waals surface area contributed by atoms with Gasteiger partial charge in [-0.2, -0.15) is 5.26 Å². The fraction of sp³-hybridized carbons (Fsp3) is 0.0455. The summed E-state index contributed by atoms with van der Waals surface area (Å²) in [5, 5.41) is 19.3. The van der Waals surface area contributed by atoms with Crippen LogP contribution in [-0.2, 0) is 14.4 Å². The minimum Gasteiger partial charge on any atom is -0.497 e. The molecule has 1 N–H and O–H groups in total. The molecule has 0 atom stereocenters. The molecule has 2 aliphatic heterocycles. The van der Waals surface area contributed by atoms with Gasteiger partial charge in [-0.25, -0.2) is 14.4 Å². The Hall–Kier alpha value is -7.42. The number of benzene rings is 5. The lowest BCUT2D eigenvalue weighted by atomic mass is 9.99. The Morgan fingerprint density at radius 2 is 1.13 bits per heavy atom. The lowest BCUT2D eigenvalue weighted by molar-refractivity contribution is -0.132. The maximum Gasteiger partial charge on any atom is 0.346 e. The number of thiophene rings is 1. The number of hydrogen-bond donors (Lipinski definition) is 1. The average molecular weight is 745 g/mol. The monoisotopic (exact) mass is 744 g/mol. The van der Waals surface area contributed by atoms with Crippen molar-refractivity contribution >= 4 is 63.5 Å². The van der Waals surface area contributed by atoms with Crippen LogP contribution in [-0.4, -0.2) is 37.2 Å². The summed E-state index contributed by atoms with van der Waals surface area (Å²) in [4.78, 5) is 40.7. The number of carbonyl (C=O) groups is 3. The van der Waals surface area contributed by atoms with E-state index in [-0.39, 0.29) is 11.3 Å². The summed E-state index contributed by atoms with van der Waals surface area (Å²) in [6.07, 6.45) is 1.24. The van der Waals surface area contributed by atoms with Gasteiger partial charge in [-0.05, 0) is 108 Å². The van der Waals surface area contributed by atoms with E-state index < -0.39 is 23.5 Å².